The van der Waals surface area contributed by atoms with E-state index in [1.165, 1.54) is 6.42 Å². The summed E-state index contributed by atoms with van der Waals surface area (Å²) in [6.45, 7) is 6.61. The predicted molar refractivity (Wildman–Crippen MR) is 59.5 cm³/mol. The Morgan fingerprint density at radius 2 is 2.08 bits per heavy atom. The van der Waals surface area contributed by atoms with Crippen LogP contribution in [0.15, 0.2) is 24.8 Å². The molecule has 0 spiro atoms. The molecule has 0 heterocycles. The molecule has 0 aliphatic rings. The van der Waals surface area contributed by atoms with Crippen LogP contribution in [0, 0.1) is 0 Å². The molecular formula is C11H22N2. The summed E-state index contributed by atoms with van der Waals surface area (Å²) in [5.74, 6) is 0. The normalized spacial score (nSPS) is 13.8. The van der Waals surface area contributed by atoms with E-state index in [4.69, 9.17) is 5.73 Å². The van der Waals surface area contributed by atoms with Crippen LogP contribution in [0.2, 0.25) is 0 Å². The van der Waals surface area contributed by atoms with E-state index in [0.717, 1.165) is 19.4 Å². The Bertz CT molecular complexity index is 150. The molecule has 76 valence electrons. The maximum atomic E-state index is 5.68. The van der Waals surface area contributed by atoms with Crippen LogP contribution in [0.1, 0.15) is 26.2 Å². The third kappa shape index (κ3) is 7.75. The lowest BCUT2D eigenvalue weighted by atomic mass is 10.2. The van der Waals surface area contributed by atoms with Gasteiger partial charge in [-0.3, -0.25) is 4.90 Å². The Morgan fingerprint density at radius 1 is 1.38 bits per heavy atom. The van der Waals surface area contributed by atoms with E-state index in [9.17, 15) is 0 Å². The predicted octanol–water partition coefficient (Wildman–Crippen LogP) is 2.14. The summed E-state index contributed by atoms with van der Waals surface area (Å²) in [5.41, 5.74) is 5.68. The number of hydrogen-bond donors (Lipinski definition) is 1. The minimum absolute atomic E-state index is 0.137. The number of hydrogen-bond acceptors (Lipinski definition) is 2. The maximum absolute atomic E-state index is 5.68. The molecule has 0 saturated heterocycles. The van der Waals surface area contributed by atoms with Crippen molar-refractivity contribution in [2.75, 3.05) is 13.6 Å². The average Bonchev–Trinajstić information content (AvgIpc) is 2.10. The Hall–Kier alpha value is -0.600. The van der Waals surface area contributed by atoms with Gasteiger partial charge < -0.3 is 5.73 Å². The highest BCUT2D eigenvalue weighted by Gasteiger charge is 1.98. The fraction of sp³-hybridized carbons (Fsp3) is 0.636. The molecule has 0 aliphatic heterocycles. The lowest BCUT2D eigenvalue weighted by Gasteiger charge is -2.18. The van der Waals surface area contributed by atoms with Crippen LogP contribution >= 0.6 is 0 Å². The van der Waals surface area contributed by atoms with Crippen LogP contribution in [0.25, 0.3) is 0 Å². The quantitative estimate of drug-likeness (QED) is 0.371. The second-order valence-corrected chi connectivity index (χ2v) is 3.37. The van der Waals surface area contributed by atoms with Gasteiger partial charge in [-0.1, -0.05) is 18.2 Å². The molecule has 0 aromatic rings. The first kappa shape index (κ1) is 12.4. The molecule has 2 nitrogen and oxygen atoms in total. The number of unbranched alkanes of at least 4 members (excludes halogenated alkanes) is 2. The molecule has 0 radical (unpaired) electrons. The van der Waals surface area contributed by atoms with E-state index in [1.54, 1.807) is 0 Å². The number of nitrogens with two attached hydrogens (primary N) is 1. The largest absolute Gasteiger partial charge is 0.316 e. The molecule has 0 aromatic heterocycles. The van der Waals surface area contributed by atoms with Gasteiger partial charge in [0.05, 0.1) is 6.17 Å². The van der Waals surface area contributed by atoms with Crippen molar-refractivity contribution in [3.05, 3.63) is 24.8 Å². The van der Waals surface area contributed by atoms with Gasteiger partial charge in [0.15, 0.2) is 0 Å². The van der Waals surface area contributed by atoms with Crippen molar-refractivity contribution in [2.24, 2.45) is 5.73 Å². The van der Waals surface area contributed by atoms with Gasteiger partial charge >= 0.3 is 0 Å². The zero-order valence-electron chi connectivity index (χ0n) is 8.87. The van der Waals surface area contributed by atoms with Crippen LogP contribution in [0.3, 0.4) is 0 Å². The fourth-order valence-electron chi connectivity index (χ4n) is 0.905. The highest BCUT2D eigenvalue weighted by molar-refractivity contribution is 4.85. The smallest absolute Gasteiger partial charge is 0.0542 e. The van der Waals surface area contributed by atoms with Crippen molar-refractivity contribution < 1.29 is 0 Å². The number of likely N-dealkylation sites (N-methyl/N-ethyl adjacent to an activating group) is 1. The summed E-state index contributed by atoms with van der Waals surface area (Å²) in [6.07, 6.45) is 9.92. The molecule has 1 atom stereocenters. The molecule has 2 heteroatoms. The number of allylic oxidation sites excluding steroid dienone is 2. The second kappa shape index (κ2) is 8.02. The van der Waals surface area contributed by atoms with E-state index in [1.807, 2.05) is 20.0 Å². The van der Waals surface area contributed by atoms with Gasteiger partial charge in [-0.05, 0) is 33.2 Å². The number of rotatable bonds is 7. The minimum Gasteiger partial charge on any atom is -0.316 e. The maximum Gasteiger partial charge on any atom is 0.0542 e. The van der Waals surface area contributed by atoms with Crippen LogP contribution in [0.5, 0.6) is 0 Å². The average molecular weight is 182 g/mol. The van der Waals surface area contributed by atoms with Crippen LogP contribution in [0.4, 0.5) is 0 Å². The van der Waals surface area contributed by atoms with Gasteiger partial charge in [0.2, 0.25) is 0 Å². The van der Waals surface area contributed by atoms with Gasteiger partial charge in [-0.15, -0.1) is 6.58 Å². The Morgan fingerprint density at radius 3 is 2.62 bits per heavy atom. The molecule has 0 bridgehead atoms. The van der Waals surface area contributed by atoms with E-state index >= 15 is 0 Å². The lowest BCUT2D eigenvalue weighted by molar-refractivity contribution is 0.291. The summed E-state index contributed by atoms with van der Waals surface area (Å²) >= 11 is 0. The van der Waals surface area contributed by atoms with Crippen molar-refractivity contribution in [1.82, 2.24) is 4.90 Å². The molecular weight excluding hydrogens is 160 g/mol. The SMILES string of the molecule is C=CCCCC=CCN(C)C(C)N. The Kier molecular flexibility index (Phi) is 7.65. The molecule has 0 rings (SSSR count). The van der Waals surface area contributed by atoms with E-state index in [-0.39, 0.29) is 6.17 Å². The first-order chi connectivity index (χ1) is 6.18. The van der Waals surface area contributed by atoms with Crippen LogP contribution in [-0.2, 0) is 0 Å². The molecule has 2 N–H and O–H groups in total. The summed E-state index contributed by atoms with van der Waals surface area (Å²) < 4.78 is 0. The Balaban J connectivity index is 3.35. The standard InChI is InChI=1S/C11H22N2/c1-4-5-6-7-8-9-10-13(3)11(2)12/h4,8-9,11H,1,5-7,10,12H2,2-3H3. The summed E-state index contributed by atoms with van der Waals surface area (Å²) in [6, 6.07) is 0. The third-order valence-corrected chi connectivity index (χ3v) is 2.03. The molecule has 0 amide bonds. The van der Waals surface area contributed by atoms with E-state index < -0.39 is 0 Å². The van der Waals surface area contributed by atoms with Gasteiger partial charge in [0.1, 0.15) is 0 Å². The van der Waals surface area contributed by atoms with Crippen molar-refractivity contribution >= 4 is 0 Å². The van der Waals surface area contributed by atoms with Crippen molar-refractivity contribution in [3.63, 3.8) is 0 Å². The molecule has 0 aromatic carbocycles. The highest BCUT2D eigenvalue weighted by Crippen LogP contribution is 1.97. The zero-order chi connectivity index (χ0) is 10.1. The summed E-state index contributed by atoms with van der Waals surface area (Å²) in [4.78, 5) is 2.10. The first-order valence-electron chi connectivity index (χ1n) is 4.90. The first-order valence-corrected chi connectivity index (χ1v) is 4.90. The molecule has 13 heavy (non-hydrogen) atoms. The van der Waals surface area contributed by atoms with Crippen molar-refractivity contribution in [3.8, 4) is 0 Å². The van der Waals surface area contributed by atoms with E-state index in [2.05, 4.69) is 23.6 Å². The Labute approximate surface area is 82.1 Å². The van der Waals surface area contributed by atoms with Crippen LogP contribution < -0.4 is 5.73 Å². The summed E-state index contributed by atoms with van der Waals surface area (Å²) in [7, 11) is 2.03. The topological polar surface area (TPSA) is 29.3 Å². The second-order valence-electron chi connectivity index (χ2n) is 3.37. The monoisotopic (exact) mass is 182 g/mol. The van der Waals surface area contributed by atoms with Crippen LogP contribution in [-0.4, -0.2) is 24.7 Å². The third-order valence-electron chi connectivity index (χ3n) is 2.03. The molecule has 0 fully saturated rings. The van der Waals surface area contributed by atoms with E-state index in [0.29, 0.717) is 0 Å². The van der Waals surface area contributed by atoms with Gasteiger partial charge in [0.25, 0.3) is 0 Å². The minimum atomic E-state index is 0.137. The molecule has 1 unspecified atom stereocenters. The van der Waals surface area contributed by atoms with Crippen molar-refractivity contribution in [2.45, 2.75) is 32.4 Å². The lowest BCUT2D eigenvalue weighted by Crippen LogP contribution is -2.36. The molecule has 0 aliphatic carbocycles. The number of nitrogens with zero attached hydrogens (tertiary/aromatic N) is 1. The van der Waals surface area contributed by atoms with Crippen molar-refractivity contribution in [1.29, 1.82) is 0 Å². The van der Waals surface area contributed by atoms with Gasteiger partial charge in [-0.25, -0.2) is 0 Å². The van der Waals surface area contributed by atoms with Gasteiger partial charge in [0, 0.05) is 6.54 Å². The molecule has 0 saturated carbocycles. The van der Waals surface area contributed by atoms with Gasteiger partial charge in [-0.2, -0.15) is 0 Å². The fourth-order valence-corrected chi connectivity index (χ4v) is 0.905. The highest BCUT2D eigenvalue weighted by atomic mass is 15.2. The zero-order valence-corrected chi connectivity index (χ0v) is 8.87. The summed E-state index contributed by atoms with van der Waals surface area (Å²) in [5, 5.41) is 0.